The summed E-state index contributed by atoms with van der Waals surface area (Å²) in [4.78, 5) is 14.6. The molecule has 0 bridgehead atoms. The number of halogens is 1. The van der Waals surface area contributed by atoms with Crippen LogP contribution in [0.3, 0.4) is 0 Å². The summed E-state index contributed by atoms with van der Waals surface area (Å²) < 4.78 is 0. The molecule has 1 fully saturated rings. The number of likely N-dealkylation sites (tertiary alicyclic amines) is 1. The first-order valence-electron chi connectivity index (χ1n) is 7.79. The fourth-order valence-electron chi connectivity index (χ4n) is 3.42. The van der Waals surface area contributed by atoms with Gasteiger partial charge >= 0.3 is 0 Å². The van der Waals surface area contributed by atoms with Gasteiger partial charge < -0.3 is 10.2 Å². The van der Waals surface area contributed by atoms with E-state index >= 15 is 0 Å². The molecule has 21 heavy (non-hydrogen) atoms. The number of rotatable bonds is 4. The number of aryl methyl sites for hydroxylation is 1. The molecule has 6 heteroatoms. The van der Waals surface area contributed by atoms with Gasteiger partial charge in [-0.2, -0.15) is 5.10 Å². The maximum Gasteiger partial charge on any atom is 0.274 e. The number of H-pyrrole nitrogens is 1. The maximum absolute atomic E-state index is 12.6. The Balaban J connectivity index is 0.00000161. The minimum atomic E-state index is 0. The Hall–Kier alpha value is -1.07. The van der Waals surface area contributed by atoms with Crippen LogP contribution in [0, 0.1) is 5.92 Å². The summed E-state index contributed by atoms with van der Waals surface area (Å²) in [5.74, 6) is 0.896. The second-order valence-corrected chi connectivity index (χ2v) is 6.01. The van der Waals surface area contributed by atoms with Crippen LogP contribution >= 0.6 is 12.4 Å². The quantitative estimate of drug-likeness (QED) is 0.891. The maximum atomic E-state index is 12.6. The number of fused-ring (bicyclic) bond motifs is 1. The number of carbonyl (C=O) groups excluding carboxylic acids is 1. The van der Waals surface area contributed by atoms with Gasteiger partial charge in [-0.1, -0.05) is 0 Å². The van der Waals surface area contributed by atoms with Crippen LogP contribution in [0.2, 0.25) is 0 Å². The smallest absolute Gasteiger partial charge is 0.274 e. The lowest BCUT2D eigenvalue weighted by atomic mass is 9.93. The van der Waals surface area contributed by atoms with Crippen LogP contribution < -0.4 is 5.32 Å². The van der Waals surface area contributed by atoms with Crippen molar-refractivity contribution in [3.8, 4) is 0 Å². The zero-order chi connectivity index (χ0) is 13.9. The average Bonchev–Trinajstić information content (AvgIpc) is 3.08. The normalized spacial score (nSPS) is 18.4. The lowest BCUT2D eigenvalue weighted by molar-refractivity contribution is 0.0680. The summed E-state index contributed by atoms with van der Waals surface area (Å²) >= 11 is 0. The first-order chi connectivity index (χ1) is 9.79. The number of hydrogen-bond donors (Lipinski definition) is 2. The lowest BCUT2D eigenvalue weighted by Gasteiger charge is -2.31. The summed E-state index contributed by atoms with van der Waals surface area (Å²) in [5, 5.41) is 10.5. The van der Waals surface area contributed by atoms with E-state index in [1.807, 2.05) is 11.9 Å². The highest BCUT2D eigenvalue weighted by molar-refractivity contribution is 5.94. The number of aromatic amines is 1. The minimum absolute atomic E-state index is 0. The second-order valence-electron chi connectivity index (χ2n) is 6.01. The van der Waals surface area contributed by atoms with E-state index in [-0.39, 0.29) is 18.3 Å². The molecule has 1 aliphatic carbocycles. The summed E-state index contributed by atoms with van der Waals surface area (Å²) in [6, 6.07) is 0. The van der Waals surface area contributed by atoms with Crippen molar-refractivity contribution in [1.82, 2.24) is 20.4 Å². The van der Waals surface area contributed by atoms with E-state index in [9.17, 15) is 4.79 Å². The molecule has 1 aromatic heterocycles. The zero-order valence-electron chi connectivity index (χ0n) is 12.7. The molecule has 1 saturated heterocycles. The van der Waals surface area contributed by atoms with Gasteiger partial charge in [0.1, 0.15) is 0 Å². The van der Waals surface area contributed by atoms with Gasteiger partial charge in [0.25, 0.3) is 5.91 Å². The number of carbonyl (C=O) groups is 1. The SMILES string of the molecule is CNCCC1CCN(C(=O)c2n[nH]c3c2CCC3)CC1.Cl. The van der Waals surface area contributed by atoms with Crippen LogP contribution in [0.25, 0.3) is 0 Å². The fraction of sp³-hybridized carbons (Fsp3) is 0.733. The van der Waals surface area contributed by atoms with E-state index in [2.05, 4.69) is 15.5 Å². The molecule has 0 aromatic carbocycles. The number of hydrogen-bond acceptors (Lipinski definition) is 3. The molecular weight excluding hydrogens is 288 g/mol. The topological polar surface area (TPSA) is 61.0 Å². The third kappa shape index (κ3) is 3.40. The summed E-state index contributed by atoms with van der Waals surface area (Å²) in [5.41, 5.74) is 3.04. The second kappa shape index (κ2) is 7.27. The molecule has 2 aliphatic rings. The Kier molecular flexibility index (Phi) is 5.65. The van der Waals surface area contributed by atoms with Gasteiger partial charge in [0, 0.05) is 24.3 Å². The van der Waals surface area contributed by atoms with Gasteiger partial charge in [-0.15, -0.1) is 12.4 Å². The molecule has 1 aliphatic heterocycles. The van der Waals surface area contributed by atoms with Crippen LogP contribution in [0.1, 0.15) is 47.4 Å². The number of nitrogens with zero attached hydrogens (tertiary/aromatic N) is 2. The Morgan fingerprint density at radius 1 is 1.38 bits per heavy atom. The number of amides is 1. The van der Waals surface area contributed by atoms with Gasteiger partial charge in [0.2, 0.25) is 0 Å². The van der Waals surface area contributed by atoms with E-state index in [1.165, 1.54) is 17.7 Å². The highest BCUT2D eigenvalue weighted by Crippen LogP contribution is 2.26. The molecule has 1 amide bonds. The van der Waals surface area contributed by atoms with Crippen molar-refractivity contribution in [2.24, 2.45) is 5.92 Å². The first kappa shape index (κ1) is 16.3. The summed E-state index contributed by atoms with van der Waals surface area (Å²) in [6.07, 6.45) is 6.67. The third-order valence-electron chi connectivity index (χ3n) is 4.71. The van der Waals surface area contributed by atoms with Gasteiger partial charge in [-0.05, 0) is 58.0 Å². The van der Waals surface area contributed by atoms with Crippen LogP contribution in [-0.4, -0.2) is 47.7 Å². The summed E-state index contributed by atoms with van der Waals surface area (Å²) in [6.45, 7) is 2.84. The van der Waals surface area contributed by atoms with E-state index in [1.54, 1.807) is 0 Å². The van der Waals surface area contributed by atoms with E-state index in [0.29, 0.717) is 5.69 Å². The largest absolute Gasteiger partial charge is 0.337 e. The lowest BCUT2D eigenvalue weighted by Crippen LogP contribution is -2.39. The van der Waals surface area contributed by atoms with Crippen molar-refractivity contribution in [2.75, 3.05) is 26.7 Å². The van der Waals surface area contributed by atoms with Gasteiger partial charge in [-0.25, -0.2) is 0 Å². The van der Waals surface area contributed by atoms with Crippen molar-refractivity contribution in [3.05, 3.63) is 17.0 Å². The standard InChI is InChI=1S/C15H24N4O.ClH/c1-16-8-5-11-6-9-19(10-7-11)15(20)14-12-3-2-4-13(12)17-18-14;/h11,16H,2-10H2,1H3,(H,17,18);1H. The molecule has 118 valence electrons. The van der Waals surface area contributed by atoms with Crippen molar-refractivity contribution in [2.45, 2.75) is 38.5 Å². The van der Waals surface area contributed by atoms with E-state index < -0.39 is 0 Å². The van der Waals surface area contributed by atoms with Crippen LogP contribution in [0.5, 0.6) is 0 Å². The predicted molar refractivity (Wildman–Crippen MR) is 85.0 cm³/mol. The molecule has 0 saturated carbocycles. The number of aromatic nitrogens is 2. The van der Waals surface area contributed by atoms with Crippen LogP contribution in [0.15, 0.2) is 0 Å². The van der Waals surface area contributed by atoms with Crippen LogP contribution in [0.4, 0.5) is 0 Å². The molecule has 0 spiro atoms. The number of nitrogens with one attached hydrogen (secondary N) is 2. The van der Waals surface area contributed by atoms with E-state index in [0.717, 1.165) is 57.7 Å². The average molecular weight is 313 g/mol. The highest BCUT2D eigenvalue weighted by atomic mass is 35.5. The zero-order valence-corrected chi connectivity index (χ0v) is 13.5. The monoisotopic (exact) mass is 312 g/mol. The molecule has 1 aromatic rings. The number of piperidine rings is 1. The highest BCUT2D eigenvalue weighted by Gasteiger charge is 2.29. The van der Waals surface area contributed by atoms with Crippen molar-refractivity contribution in [1.29, 1.82) is 0 Å². The van der Waals surface area contributed by atoms with Crippen molar-refractivity contribution < 1.29 is 4.79 Å². The molecule has 0 atom stereocenters. The Labute approximate surface area is 132 Å². The third-order valence-corrected chi connectivity index (χ3v) is 4.71. The molecule has 5 nitrogen and oxygen atoms in total. The first-order valence-corrected chi connectivity index (χ1v) is 7.79. The van der Waals surface area contributed by atoms with Crippen LogP contribution in [-0.2, 0) is 12.8 Å². The molecule has 0 radical (unpaired) electrons. The molecule has 2 heterocycles. The predicted octanol–water partition coefficient (Wildman–Crippen LogP) is 1.78. The van der Waals surface area contributed by atoms with E-state index in [4.69, 9.17) is 0 Å². The Bertz CT molecular complexity index is 480. The van der Waals surface area contributed by atoms with Gasteiger partial charge in [0.05, 0.1) is 0 Å². The van der Waals surface area contributed by atoms with Crippen molar-refractivity contribution >= 4 is 18.3 Å². The van der Waals surface area contributed by atoms with Gasteiger partial charge in [0.15, 0.2) is 5.69 Å². The minimum Gasteiger partial charge on any atom is -0.337 e. The molecule has 0 unspecified atom stereocenters. The Morgan fingerprint density at radius 2 is 2.14 bits per heavy atom. The Morgan fingerprint density at radius 3 is 2.86 bits per heavy atom. The molecular formula is C15H25ClN4O. The fourth-order valence-corrected chi connectivity index (χ4v) is 3.42. The van der Waals surface area contributed by atoms with Crippen molar-refractivity contribution in [3.63, 3.8) is 0 Å². The molecule has 3 rings (SSSR count). The summed E-state index contributed by atoms with van der Waals surface area (Å²) in [7, 11) is 2.00. The molecule has 2 N–H and O–H groups in total. The van der Waals surface area contributed by atoms with Gasteiger partial charge in [-0.3, -0.25) is 9.89 Å².